The molecule has 0 spiro atoms. The van der Waals surface area contributed by atoms with Crippen LogP contribution in [-0.2, 0) is 13.0 Å². The highest BCUT2D eigenvalue weighted by molar-refractivity contribution is 5.43. The highest BCUT2D eigenvalue weighted by atomic mass is 19.1. The van der Waals surface area contributed by atoms with Crippen molar-refractivity contribution in [3.8, 4) is 0 Å². The third-order valence-electron chi connectivity index (χ3n) is 5.98. The van der Waals surface area contributed by atoms with Gasteiger partial charge in [-0.2, -0.15) is 0 Å². The van der Waals surface area contributed by atoms with Gasteiger partial charge in [0.05, 0.1) is 11.4 Å². The third-order valence-corrected chi connectivity index (χ3v) is 5.98. The van der Waals surface area contributed by atoms with Gasteiger partial charge >= 0.3 is 0 Å². The first-order valence-corrected chi connectivity index (χ1v) is 9.63. The van der Waals surface area contributed by atoms with Crippen LogP contribution in [0.25, 0.3) is 0 Å². The van der Waals surface area contributed by atoms with Crippen LogP contribution in [-0.4, -0.2) is 46.2 Å². The lowest BCUT2D eigenvalue weighted by Crippen LogP contribution is -2.30. The number of rotatable bonds is 5. The summed E-state index contributed by atoms with van der Waals surface area (Å²) in [6.45, 7) is 6.56. The molecule has 2 aliphatic heterocycles. The monoisotopic (exact) mass is 357 g/mol. The maximum Gasteiger partial charge on any atom is 0.187 e. The molecule has 6 nitrogen and oxygen atoms in total. The van der Waals surface area contributed by atoms with Gasteiger partial charge in [-0.3, -0.25) is 4.90 Å². The van der Waals surface area contributed by atoms with E-state index in [0.717, 1.165) is 44.2 Å². The normalized spacial score (nSPS) is 25.8. The van der Waals surface area contributed by atoms with E-state index >= 15 is 0 Å². The van der Waals surface area contributed by atoms with Crippen LogP contribution in [0.2, 0.25) is 0 Å². The zero-order valence-corrected chi connectivity index (χ0v) is 15.1. The average molecular weight is 357 g/mol. The summed E-state index contributed by atoms with van der Waals surface area (Å²) in [5.41, 5.74) is 1.55. The van der Waals surface area contributed by atoms with Gasteiger partial charge in [0, 0.05) is 44.7 Å². The molecule has 4 heterocycles. The van der Waals surface area contributed by atoms with E-state index in [2.05, 4.69) is 31.0 Å². The number of hydrogen-bond acceptors (Lipinski definition) is 6. The molecule has 2 saturated heterocycles. The number of likely N-dealkylation sites (tertiary alicyclic amines) is 1. The molecule has 5 rings (SSSR count). The summed E-state index contributed by atoms with van der Waals surface area (Å²) in [6.07, 6.45) is 4.55. The standard InChI is InChI=1S/C19H24FN5O/c1-2-16-18(20)19(22-11-21-16)25-8-13-6-24(7-14(13)9-25)10-15-5-17(26-23-15)12-3-4-12/h5,11-14H,2-4,6-10H2,1H3. The maximum absolute atomic E-state index is 14.5. The molecule has 7 heteroatoms. The van der Waals surface area contributed by atoms with Gasteiger partial charge in [-0.05, 0) is 31.1 Å². The van der Waals surface area contributed by atoms with E-state index in [1.54, 1.807) is 0 Å². The Morgan fingerprint density at radius 3 is 2.62 bits per heavy atom. The molecule has 138 valence electrons. The molecule has 2 atom stereocenters. The molecule has 1 aliphatic carbocycles. The van der Waals surface area contributed by atoms with Gasteiger partial charge in [0.25, 0.3) is 0 Å². The smallest absolute Gasteiger partial charge is 0.187 e. The maximum atomic E-state index is 14.5. The number of aryl methyl sites for hydroxylation is 1. The lowest BCUT2D eigenvalue weighted by atomic mass is 10.0. The second kappa shape index (κ2) is 6.30. The number of nitrogens with zero attached hydrogens (tertiary/aromatic N) is 5. The Balaban J connectivity index is 1.22. The Kier molecular flexibility index (Phi) is 3.92. The molecular formula is C19H24FN5O. The second-order valence-corrected chi connectivity index (χ2v) is 7.93. The first-order valence-electron chi connectivity index (χ1n) is 9.63. The van der Waals surface area contributed by atoms with Crippen molar-refractivity contribution in [1.82, 2.24) is 20.0 Å². The summed E-state index contributed by atoms with van der Waals surface area (Å²) >= 11 is 0. The first kappa shape index (κ1) is 16.2. The topological polar surface area (TPSA) is 58.3 Å². The molecule has 2 aromatic rings. The predicted molar refractivity (Wildman–Crippen MR) is 94.3 cm³/mol. The minimum atomic E-state index is -0.248. The van der Waals surface area contributed by atoms with Crippen molar-refractivity contribution in [3.05, 3.63) is 35.4 Å². The van der Waals surface area contributed by atoms with Crippen LogP contribution in [0.3, 0.4) is 0 Å². The van der Waals surface area contributed by atoms with Crippen molar-refractivity contribution >= 4 is 5.82 Å². The molecule has 2 unspecified atom stereocenters. The second-order valence-electron chi connectivity index (χ2n) is 7.93. The summed E-state index contributed by atoms with van der Waals surface area (Å²) in [5.74, 6) is 3.01. The number of halogens is 1. The van der Waals surface area contributed by atoms with E-state index in [0.29, 0.717) is 35.7 Å². The molecule has 0 amide bonds. The highest BCUT2D eigenvalue weighted by Crippen LogP contribution is 2.40. The molecule has 0 radical (unpaired) electrons. The van der Waals surface area contributed by atoms with Crippen LogP contribution < -0.4 is 4.90 Å². The molecule has 0 bridgehead atoms. The molecule has 3 aliphatic rings. The zero-order chi connectivity index (χ0) is 17.7. The fourth-order valence-corrected chi connectivity index (χ4v) is 4.45. The van der Waals surface area contributed by atoms with Gasteiger partial charge in [-0.25, -0.2) is 14.4 Å². The first-order chi connectivity index (χ1) is 12.7. The van der Waals surface area contributed by atoms with Crippen molar-refractivity contribution < 1.29 is 8.91 Å². The number of fused-ring (bicyclic) bond motifs is 1. The summed E-state index contributed by atoms with van der Waals surface area (Å²) in [7, 11) is 0. The van der Waals surface area contributed by atoms with Gasteiger partial charge in [0.1, 0.15) is 12.1 Å². The lowest BCUT2D eigenvalue weighted by molar-refractivity contribution is 0.293. The van der Waals surface area contributed by atoms with Gasteiger partial charge in [-0.15, -0.1) is 0 Å². The van der Waals surface area contributed by atoms with E-state index in [1.165, 1.54) is 19.2 Å². The van der Waals surface area contributed by atoms with Gasteiger partial charge in [-0.1, -0.05) is 12.1 Å². The predicted octanol–water partition coefficient (Wildman–Crippen LogP) is 2.61. The Bertz CT molecular complexity index is 791. The van der Waals surface area contributed by atoms with Crippen molar-refractivity contribution in [3.63, 3.8) is 0 Å². The summed E-state index contributed by atoms with van der Waals surface area (Å²) in [5, 5.41) is 4.23. The average Bonchev–Trinajstić information content (AvgIpc) is 3.08. The summed E-state index contributed by atoms with van der Waals surface area (Å²) < 4.78 is 20.0. The van der Waals surface area contributed by atoms with Gasteiger partial charge in [0.2, 0.25) is 0 Å². The van der Waals surface area contributed by atoms with E-state index in [1.807, 2.05) is 6.92 Å². The van der Waals surface area contributed by atoms with Crippen LogP contribution in [0, 0.1) is 17.7 Å². The van der Waals surface area contributed by atoms with Gasteiger partial charge in [0.15, 0.2) is 11.6 Å². The molecule has 2 aromatic heterocycles. The minimum Gasteiger partial charge on any atom is -0.361 e. The van der Waals surface area contributed by atoms with Crippen LogP contribution >= 0.6 is 0 Å². The molecule has 0 aromatic carbocycles. The SMILES string of the molecule is CCc1ncnc(N2CC3CN(Cc4cc(C5CC5)on4)CC3C2)c1F. The Labute approximate surface area is 152 Å². The van der Waals surface area contributed by atoms with Crippen LogP contribution in [0.4, 0.5) is 10.2 Å². The number of anilines is 1. The van der Waals surface area contributed by atoms with Crippen molar-refractivity contribution in [2.24, 2.45) is 11.8 Å². The third kappa shape index (κ3) is 2.88. The fraction of sp³-hybridized carbons (Fsp3) is 0.632. The summed E-state index contributed by atoms with van der Waals surface area (Å²) in [6, 6.07) is 2.13. The molecule has 3 fully saturated rings. The minimum absolute atomic E-state index is 0.248. The fourth-order valence-electron chi connectivity index (χ4n) is 4.45. The van der Waals surface area contributed by atoms with Crippen molar-refractivity contribution in [1.29, 1.82) is 0 Å². The quantitative estimate of drug-likeness (QED) is 0.820. The van der Waals surface area contributed by atoms with E-state index < -0.39 is 0 Å². The summed E-state index contributed by atoms with van der Waals surface area (Å²) in [4.78, 5) is 12.8. The molecule has 1 saturated carbocycles. The van der Waals surface area contributed by atoms with Crippen molar-refractivity contribution in [2.45, 2.75) is 38.6 Å². The Hall–Kier alpha value is -2.02. The van der Waals surface area contributed by atoms with E-state index in [9.17, 15) is 4.39 Å². The largest absolute Gasteiger partial charge is 0.361 e. The van der Waals surface area contributed by atoms with Crippen LogP contribution in [0.5, 0.6) is 0 Å². The highest BCUT2D eigenvalue weighted by Gasteiger charge is 2.41. The number of aromatic nitrogens is 3. The zero-order valence-electron chi connectivity index (χ0n) is 15.1. The van der Waals surface area contributed by atoms with E-state index in [-0.39, 0.29) is 5.82 Å². The lowest BCUT2D eigenvalue weighted by Gasteiger charge is -2.22. The van der Waals surface area contributed by atoms with Crippen molar-refractivity contribution in [2.75, 3.05) is 31.1 Å². The Morgan fingerprint density at radius 2 is 1.92 bits per heavy atom. The van der Waals surface area contributed by atoms with Crippen LogP contribution in [0.15, 0.2) is 16.9 Å². The molecule has 26 heavy (non-hydrogen) atoms. The van der Waals surface area contributed by atoms with Crippen LogP contribution in [0.1, 0.15) is 42.8 Å². The van der Waals surface area contributed by atoms with Gasteiger partial charge < -0.3 is 9.42 Å². The molecule has 0 N–H and O–H groups in total. The van der Waals surface area contributed by atoms with E-state index in [4.69, 9.17) is 4.52 Å². The Morgan fingerprint density at radius 1 is 1.15 bits per heavy atom. The molecular weight excluding hydrogens is 333 g/mol. The number of hydrogen-bond donors (Lipinski definition) is 0.